The fourth-order valence-electron chi connectivity index (χ4n) is 1.03. The van der Waals surface area contributed by atoms with Gasteiger partial charge < -0.3 is 21.3 Å². The minimum atomic E-state index is -1.44. The zero-order valence-electron chi connectivity index (χ0n) is 8.77. The standard InChI is InChI=1S/C9H18N2O4/c1-2-3-6(10)8(13)11-5-4-7(12)9(14)15/h6-7,12H,2-5,10H2,1H3,(H,11,13)(H,14,15)/t6-,7?/m0/s1. The van der Waals surface area contributed by atoms with Gasteiger partial charge in [-0.3, -0.25) is 4.79 Å². The molecule has 0 aromatic rings. The Kier molecular flexibility index (Phi) is 6.64. The number of aliphatic hydroxyl groups excluding tert-OH is 1. The fourth-order valence-corrected chi connectivity index (χ4v) is 1.03. The van der Waals surface area contributed by atoms with Gasteiger partial charge in [-0.25, -0.2) is 4.79 Å². The first kappa shape index (κ1) is 13.9. The number of nitrogens with one attached hydrogen (secondary N) is 1. The van der Waals surface area contributed by atoms with E-state index in [1.165, 1.54) is 0 Å². The lowest BCUT2D eigenvalue weighted by Gasteiger charge is -2.11. The van der Waals surface area contributed by atoms with Crippen LogP contribution >= 0.6 is 0 Å². The lowest BCUT2D eigenvalue weighted by Crippen LogP contribution is -2.41. The lowest BCUT2D eigenvalue weighted by molar-refractivity contribution is -0.147. The number of aliphatic hydroxyl groups is 1. The number of carboxylic acids is 1. The van der Waals surface area contributed by atoms with Gasteiger partial charge >= 0.3 is 5.97 Å². The number of hydrogen-bond donors (Lipinski definition) is 4. The average molecular weight is 218 g/mol. The highest BCUT2D eigenvalue weighted by Gasteiger charge is 2.15. The highest BCUT2D eigenvalue weighted by molar-refractivity contribution is 5.81. The van der Waals surface area contributed by atoms with E-state index in [1.807, 2.05) is 6.92 Å². The molecule has 0 saturated carbocycles. The smallest absolute Gasteiger partial charge is 0.332 e. The number of amides is 1. The molecule has 0 fully saturated rings. The second-order valence-corrected chi connectivity index (χ2v) is 3.33. The van der Waals surface area contributed by atoms with E-state index in [4.69, 9.17) is 15.9 Å². The molecule has 0 radical (unpaired) electrons. The van der Waals surface area contributed by atoms with Gasteiger partial charge in [0.1, 0.15) is 0 Å². The van der Waals surface area contributed by atoms with Crippen LogP contribution in [-0.2, 0) is 9.59 Å². The number of nitrogens with two attached hydrogens (primary N) is 1. The Labute approximate surface area is 88.5 Å². The molecular formula is C9H18N2O4. The van der Waals surface area contributed by atoms with Crippen molar-refractivity contribution in [2.24, 2.45) is 5.73 Å². The number of rotatable bonds is 7. The maximum atomic E-state index is 11.2. The normalized spacial score (nSPS) is 14.3. The van der Waals surface area contributed by atoms with Crippen molar-refractivity contribution in [3.05, 3.63) is 0 Å². The topological polar surface area (TPSA) is 113 Å². The van der Waals surface area contributed by atoms with E-state index >= 15 is 0 Å². The Morgan fingerprint density at radius 1 is 1.40 bits per heavy atom. The second-order valence-electron chi connectivity index (χ2n) is 3.33. The average Bonchev–Trinajstić information content (AvgIpc) is 2.17. The number of hydrogen-bond acceptors (Lipinski definition) is 4. The summed E-state index contributed by atoms with van der Waals surface area (Å²) in [7, 11) is 0. The van der Waals surface area contributed by atoms with Gasteiger partial charge in [-0.2, -0.15) is 0 Å². The zero-order chi connectivity index (χ0) is 11.8. The van der Waals surface area contributed by atoms with Crippen LogP contribution in [0.4, 0.5) is 0 Å². The summed E-state index contributed by atoms with van der Waals surface area (Å²) in [4.78, 5) is 21.4. The molecule has 88 valence electrons. The molecule has 6 heteroatoms. The minimum absolute atomic E-state index is 0.0140. The van der Waals surface area contributed by atoms with E-state index in [2.05, 4.69) is 5.32 Å². The van der Waals surface area contributed by atoms with Crippen LogP contribution < -0.4 is 11.1 Å². The predicted octanol–water partition coefficient (Wildman–Crippen LogP) is -0.934. The Morgan fingerprint density at radius 2 is 2.00 bits per heavy atom. The quantitative estimate of drug-likeness (QED) is 0.441. The van der Waals surface area contributed by atoms with Crippen molar-refractivity contribution in [1.82, 2.24) is 5.32 Å². The van der Waals surface area contributed by atoms with Crippen molar-refractivity contribution < 1.29 is 19.8 Å². The molecule has 15 heavy (non-hydrogen) atoms. The highest BCUT2D eigenvalue weighted by Crippen LogP contribution is 1.94. The molecule has 6 nitrogen and oxygen atoms in total. The van der Waals surface area contributed by atoms with Gasteiger partial charge in [-0.1, -0.05) is 13.3 Å². The summed E-state index contributed by atoms with van der Waals surface area (Å²) in [5, 5.41) is 19.7. The van der Waals surface area contributed by atoms with Gasteiger partial charge in [-0.15, -0.1) is 0 Å². The Balaban J connectivity index is 3.67. The van der Waals surface area contributed by atoms with Crippen LogP contribution in [0.15, 0.2) is 0 Å². The van der Waals surface area contributed by atoms with Gasteiger partial charge in [-0.05, 0) is 6.42 Å². The van der Waals surface area contributed by atoms with E-state index in [-0.39, 0.29) is 18.9 Å². The summed E-state index contributed by atoms with van der Waals surface area (Å²) in [5.74, 6) is -1.60. The van der Waals surface area contributed by atoms with Crippen molar-refractivity contribution in [3.8, 4) is 0 Å². The van der Waals surface area contributed by atoms with Crippen LogP contribution in [0.2, 0.25) is 0 Å². The van der Waals surface area contributed by atoms with Gasteiger partial charge in [0.05, 0.1) is 6.04 Å². The largest absolute Gasteiger partial charge is 0.479 e. The van der Waals surface area contributed by atoms with Crippen molar-refractivity contribution in [2.45, 2.75) is 38.3 Å². The monoisotopic (exact) mass is 218 g/mol. The predicted molar refractivity (Wildman–Crippen MR) is 54.2 cm³/mol. The molecular weight excluding hydrogens is 200 g/mol. The summed E-state index contributed by atoms with van der Waals surface area (Å²) in [6.07, 6.45) is -0.0488. The summed E-state index contributed by atoms with van der Waals surface area (Å²) in [6.45, 7) is 2.03. The van der Waals surface area contributed by atoms with E-state index < -0.39 is 18.1 Å². The highest BCUT2D eigenvalue weighted by atomic mass is 16.4. The summed E-state index contributed by atoms with van der Waals surface area (Å²) in [5.41, 5.74) is 5.51. The summed E-state index contributed by atoms with van der Waals surface area (Å²) >= 11 is 0. The molecule has 0 aromatic heterocycles. The maximum absolute atomic E-state index is 11.2. The molecule has 1 unspecified atom stereocenters. The summed E-state index contributed by atoms with van der Waals surface area (Å²) < 4.78 is 0. The molecule has 1 amide bonds. The van der Waals surface area contributed by atoms with Crippen LogP contribution in [0.1, 0.15) is 26.2 Å². The molecule has 0 bridgehead atoms. The van der Waals surface area contributed by atoms with Crippen molar-refractivity contribution >= 4 is 11.9 Å². The van der Waals surface area contributed by atoms with E-state index in [1.54, 1.807) is 0 Å². The fraction of sp³-hybridized carbons (Fsp3) is 0.778. The number of carboxylic acid groups (broad SMARTS) is 1. The third-order valence-electron chi connectivity index (χ3n) is 1.94. The van der Waals surface area contributed by atoms with Gasteiger partial charge in [0.15, 0.2) is 6.10 Å². The lowest BCUT2D eigenvalue weighted by atomic mass is 10.1. The molecule has 0 aliphatic heterocycles. The first-order valence-electron chi connectivity index (χ1n) is 4.93. The maximum Gasteiger partial charge on any atom is 0.332 e. The first-order chi connectivity index (χ1) is 6.99. The van der Waals surface area contributed by atoms with Crippen molar-refractivity contribution in [3.63, 3.8) is 0 Å². The van der Waals surface area contributed by atoms with Gasteiger partial charge in [0, 0.05) is 13.0 Å². The molecule has 0 rings (SSSR count). The van der Waals surface area contributed by atoms with Gasteiger partial charge in [0.2, 0.25) is 5.91 Å². The molecule has 0 aromatic carbocycles. The molecule has 0 saturated heterocycles. The molecule has 2 atom stereocenters. The third kappa shape index (κ3) is 6.03. The second kappa shape index (κ2) is 7.19. The van der Waals surface area contributed by atoms with E-state index in [0.29, 0.717) is 6.42 Å². The van der Waals surface area contributed by atoms with Crippen molar-refractivity contribution in [2.75, 3.05) is 6.54 Å². The van der Waals surface area contributed by atoms with Crippen LogP contribution in [0, 0.1) is 0 Å². The number of carbonyl (C=O) groups excluding carboxylic acids is 1. The Hall–Kier alpha value is -1.14. The van der Waals surface area contributed by atoms with E-state index in [0.717, 1.165) is 6.42 Å². The molecule has 0 heterocycles. The molecule has 5 N–H and O–H groups in total. The Bertz CT molecular complexity index is 220. The van der Waals surface area contributed by atoms with Crippen molar-refractivity contribution in [1.29, 1.82) is 0 Å². The number of aliphatic carboxylic acids is 1. The van der Waals surface area contributed by atoms with Crippen LogP contribution in [0.5, 0.6) is 0 Å². The van der Waals surface area contributed by atoms with Crippen LogP contribution in [-0.4, -0.2) is 40.8 Å². The zero-order valence-corrected chi connectivity index (χ0v) is 8.77. The molecule has 0 spiro atoms. The molecule has 0 aliphatic rings. The SMILES string of the molecule is CCC[C@H](N)C(=O)NCCC(O)C(=O)O. The van der Waals surface area contributed by atoms with E-state index in [9.17, 15) is 9.59 Å². The third-order valence-corrected chi connectivity index (χ3v) is 1.94. The first-order valence-corrected chi connectivity index (χ1v) is 4.93. The Morgan fingerprint density at radius 3 is 2.47 bits per heavy atom. The molecule has 0 aliphatic carbocycles. The number of carbonyl (C=O) groups is 2. The van der Waals surface area contributed by atoms with Crippen LogP contribution in [0.25, 0.3) is 0 Å². The van der Waals surface area contributed by atoms with Crippen LogP contribution in [0.3, 0.4) is 0 Å². The minimum Gasteiger partial charge on any atom is -0.479 e. The van der Waals surface area contributed by atoms with Gasteiger partial charge in [0.25, 0.3) is 0 Å². The summed E-state index contributed by atoms with van der Waals surface area (Å²) in [6, 6.07) is -0.558.